The monoisotopic (exact) mass is 583 g/mol. The van der Waals surface area contributed by atoms with Crippen LogP contribution in [-0.4, -0.2) is 63.9 Å². The Bertz CT molecular complexity index is 1510. The molecular formula is C26H29N7O5S2. The molecule has 0 aliphatic rings. The average Bonchev–Trinajstić information content (AvgIpc) is 3.55. The number of thioether (sulfide) groups is 1. The Balaban J connectivity index is 1.57. The highest BCUT2D eigenvalue weighted by Crippen LogP contribution is 2.38. The summed E-state index contributed by atoms with van der Waals surface area (Å²) in [6.07, 6.45) is 0. The molecule has 4 rings (SSSR count). The fraction of sp³-hybridized carbons (Fsp3) is 0.308. The summed E-state index contributed by atoms with van der Waals surface area (Å²) in [6.45, 7) is 5.86. The molecule has 0 atom stereocenters. The Kier molecular flexibility index (Phi) is 9.22. The largest absolute Gasteiger partial charge is 0.493 e. The number of benzene rings is 2. The van der Waals surface area contributed by atoms with E-state index in [1.807, 2.05) is 43.5 Å². The lowest BCUT2D eigenvalue weighted by atomic mass is 10.1. The van der Waals surface area contributed by atoms with Crippen LogP contribution in [0.2, 0.25) is 0 Å². The first-order valence-corrected chi connectivity index (χ1v) is 13.9. The second kappa shape index (κ2) is 12.8. The number of hydrogen-bond acceptors (Lipinski definition) is 11. The van der Waals surface area contributed by atoms with Crippen LogP contribution in [0.25, 0.3) is 5.69 Å². The van der Waals surface area contributed by atoms with Crippen LogP contribution in [0.3, 0.4) is 0 Å². The predicted octanol–water partition coefficient (Wildman–Crippen LogP) is 3.73. The molecule has 0 saturated carbocycles. The zero-order valence-electron chi connectivity index (χ0n) is 22.9. The van der Waals surface area contributed by atoms with Crippen LogP contribution in [0, 0.1) is 20.8 Å². The highest BCUT2D eigenvalue weighted by Gasteiger charge is 2.21. The molecule has 2 aromatic carbocycles. The number of carbonyl (C=O) groups is 2. The van der Waals surface area contributed by atoms with Gasteiger partial charge in [0.25, 0.3) is 5.91 Å². The molecule has 210 valence electrons. The van der Waals surface area contributed by atoms with Gasteiger partial charge in [0.15, 0.2) is 22.5 Å². The fourth-order valence-corrected chi connectivity index (χ4v) is 5.19. The van der Waals surface area contributed by atoms with Gasteiger partial charge in [0.05, 0.1) is 39.3 Å². The lowest BCUT2D eigenvalue weighted by Crippen LogP contribution is -2.25. The maximum Gasteiger partial charge on any atom is 0.251 e. The average molecular weight is 584 g/mol. The van der Waals surface area contributed by atoms with E-state index < -0.39 is 0 Å². The molecule has 0 radical (unpaired) electrons. The van der Waals surface area contributed by atoms with Crippen LogP contribution in [-0.2, 0) is 11.3 Å². The smallest absolute Gasteiger partial charge is 0.251 e. The van der Waals surface area contributed by atoms with Crippen molar-refractivity contribution in [3.8, 4) is 22.9 Å². The molecule has 14 heteroatoms. The van der Waals surface area contributed by atoms with E-state index in [2.05, 4.69) is 31.0 Å². The van der Waals surface area contributed by atoms with Crippen molar-refractivity contribution in [2.75, 3.05) is 32.4 Å². The van der Waals surface area contributed by atoms with E-state index in [9.17, 15) is 9.59 Å². The number of carbonyl (C=O) groups excluding carboxylic acids is 2. The second-order valence-corrected chi connectivity index (χ2v) is 10.7. The first-order chi connectivity index (χ1) is 19.2. The third-order valence-electron chi connectivity index (χ3n) is 5.74. The molecule has 2 heterocycles. The number of amides is 2. The van der Waals surface area contributed by atoms with Crippen molar-refractivity contribution in [3.63, 3.8) is 0 Å². The second-order valence-electron chi connectivity index (χ2n) is 8.58. The Morgan fingerprint density at radius 3 is 2.30 bits per heavy atom. The topological polar surface area (TPSA) is 142 Å². The van der Waals surface area contributed by atoms with Gasteiger partial charge in [-0.2, -0.15) is 0 Å². The molecule has 0 aliphatic carbocycles. The van der Waals surface area contributed by atoms with Crippen LogP contribution in [0.15, 0.2) is 35.5 Å². The fourth-order valence-electron chi connectivity index (χ4n) is 3.82. The molecule has 0 bridgehead atoms. The Morgan fingerprint density at radius 2 is 1.68 bits per heavy atom. The van der Waals surface area contributed by atoms with Gasteiger partial charge in [-0.1, -0.05) is 35.2 Å². The highest BCUT2D eigenvalue weighted by atomic mass is 32.2. The van der Waals surface area contributed by atoms with E-state index in [0.29, 0.717) is 38.9 Å². The van der Waals surface area contributed by atoms with E-state index in [4.69, 9.17) is 14.2 Å². The maximum atomic E-state index is 13.1. The number of nitrogens with one attached hydrogen (secondary N) is 2. The van der Waals surface area contributed by atoms with E-state index in [0.717, 1.165) is 21.8 Å². The molecule has 2 amide bonds. The number of nitrogens with zero attached hydrogens (tertiary/aromatic N) is 5. The van der Waals surface area contributed by atoms with Gasteiger partial charge < -0.3 is 19.5 Å². The lowest BCUT2D eigenvalue weighted by Gasteiger charge is -2.15. The third kappa shape index (κ3) is 6.51. The minimum atomic E-state index is -0.365. The molecule has 0 aliphatic heterocycles. The normalized spacial score (nSPS) is 10.8. The van der Waals surface area contributed by atoms with E-state index in [1.165, 1.54) is 44.4 Å². The molecule has 0 fully saturated rings. The van der Waals surface area contributed by atoms with Crippen molar-refractivity contribution >= 4 is 40.0 Å². The molecular weight excluding hydrogens is 554 g/mol. The van der Waals surface area contributed by atoms with Crippen molar-refractivity contribution in [1.82, 2.24) is 30.3 Å². The van der Waals surface area contributed by atoms with Gasteiger partial charge in [0.1, 0.15) is 5.01 Å². The zero-order valence-corrected chi connectivity index (χ0v) is 24.5. The van der Waals surface area contributed by atoms with E-state index in [1.54, 1.807) is 12.1 Å². The van der Waals surface area contributed by atoms with Crippen LogP contribution in [0.5, 0.6) is 17.2 Å². The number of methoxy groups -OCH3 is 3. The van der Waals surface area contributed by atoms with Gasteiger partial charge in [-0.05, 0) is 50.1 Å². The Hall–Kier alpha value is -4.17. The van der Waals surface area contributed by atoms with E-state index >= 15 is 0 Å². The number of aryl methyl sites for hydroxylation is 3. The van der Waals surface area contributed by atoms with Crippen LogP contribution in [0.4, 0.5) is 5.13 Å². The van der Waals surface area contributed by atoms with Crippen molar-refractivity contribution in [2.24, 2.45) is 0 Å². The minimum Gasteiger partial charge on any atom is -0.493 e. The Morgan fingerprint density at radius 1 is 0.950 bits per heavy atom. The van der Waals surface area contributed by atoms with Crippen LogP contribution >= 0.6 is 23.1 Å². The summed E-state index contributed by atoms with van der Waals surface area (Å²) in [4.78, 5) is 25.7. The predicted molar refractivity (Wildman–Crippen MR) is 152 cm³/mol. The van der Waals surface area contributed by atoms with E-state index in [-0.39, 0.29) is 24.1 Å². The Labute approximate surface area is 239 Å². The number of ether oxygens (including phenoxy) is 3. The third-order valence-corrected chi connectivity index (χ3v) is 7.43. The molecule has 4 aromatic rings. The standard InChI is InChI=1S/C26H29N7O5S2/c1-14-7-8-15(2)18(9-14)33-21(30-32-26(33)39-13-22(34)28-25-31-29-16(3)40-25)12-27-24(35)17-10-19(36-4)23(38-6)20(11-17)37-5/h7-11H,12-13H2,1-6H3,(H,27,35)(H,28,31,34). The number of aromatic nitrogens is 5. The minimum absolute atomic E-state index is 0.0761. The van der Waals surface area contributed by atoms with Gasteiger partial charge in [0, 0.05) is 5.56 Å². The highest BCUT2D eigenvalue weighted by molar-refractivity contribution is 7.99. The maximum absolute atomic E-state index is 13.1. The number of hydrogen-bond donors (Lipinski definition) is 2. The molecule has 2 aromatic heterocycles. The summed E-state index contributed by atoms with van der Waals surface area (Å²) >= 11 is 2.53. The lowest BCUT2D eigenvalue weighted by molar-refractivity contribution is -0.113. The molecule has 0 saturated heterocycles. The summed E-state index contributed by atoms with van der Waals surface area (Å²) in [5, 5.41) is 23.9. The van der Waals surface area contributed by atoms with Crippen LogP contribution < -0.4 is 24.8 Å². The van der Waals surface area contributed by atoms with Crippen LogP contribution in [0.1, 0.15) is 32.3 Å². The van der Waals surface area contributed by atoms with Crippen molar-refractivity contribution < 1.29 is 23.8 Å². The quantitative estimate of drug-likeness (QED) is 0.251. The van der Waals surface area contributed by atoms with Crippen molar-refractivity contribution in [3.05, 3.63) is 57.9 Å². The van der Waals surface area contributed by atoms with Gasteiger partial charge in [-0.3, -0.25) is 19.5 Å². The van der Waals surface area contributed by atoms with Gasteiger partial charge >= 0.3 is 0 Å². The first kappa shape index (κ1) is 28.8. The first-order valence-electron chi connectivity index (χ1n) is 12.1. The molecule has 2 N–H and O–H groups in total. The zero-order chi connectivity index (χ0) is 28.8. The molecule has 40 heavy (non-hydrogen) atoms. The summed E-state index contributed by atoms with van der Waals surface area (Å²) in [5.74, 6) is 1.10. The van der Waals surface area contributed by atoms with Crippen molar-refractivity contribution in [2.45, 2.75) is 32.5 Å². The summed E-state index contributed by atoms with van der Waals surface area (Å²) < 4.78 is 17.9. The summed E-state index contributed by atoms with van der Waals surface area (Å²) in [5.41, 5.74) is 3.20. The van der Waals surface area contributed by atoms with Crippen molar-refractivity contribution in [1.29, 1.82) is 0 Å². The number of rotatable bonds is 11. The molecule has 12 nitrogen and oxygen atoms in total. The summed E-state index contributed by atoms with van der Waals surface area (Å²) in [7, 11) is 4.47. The molecule has 0 unspecified atom stereocenters. The van der Waals surface area contributed by atoms with Gasteiger partial charge in [0.2, 0.25) is 16.8 Å². The summed E-state index contributed by atoms with van der Waals surface area (Å²) in [6, 6.07) is 9.18. The SMILES string of the molecule is COc1cc(C(=O)NCc2nnc(SCC(=O)Nc3nnc(C)s3)n2-c2cc(C)ccc2C)cc(OC)c1OC. The van der Waals surface area contributed by atoms with Gasteiger partial charge in [-0.25, -0.2) is 0 Å². The molecule has 0 spiro atoms. The van der Waals surface area contributed by atoms with Gasteiger partial charge in [-0.15, -0.1) is 20.4 Å². The number of anilines is 1.